The number of ketones is 1. The number of methoxy groups -OCH3 is 1. The van der Waals surface area contributed by atoms with Gasteiger partial charge in [0, 0.05) is 26.6 Å². The Labute approximate surface area is 88.0 Å². The number of hydrogen-bond donors (Lipinski definition) is 0. The summed E-state index contributed by atoms with van der Waals surface area (Å²) in [6.07, 6.45) is 4.42. The van der Waals surface area contributed by atoms with Crippen molar-refractivity contribution in [3.63, 3.8) is 0 Å². The molecule has 0 fully saturated rings. The Morgan fingerprint density at radius 3 is 2.29 bits per heavy atom. The molecule has 14 heavy (non-hydrogen) atoms. The minimum atomic E-state index is 0.280. The summed E-state index contributed by atoms with van der Waals surface area (Å²) in [7, 11) is 1.70. The van der Waals surface area contributed by atoms with Gasteiger partial charge in [-0.2, -0.15) is 0 Å². The minimum Gasteiger partial charge on any atom is -0.385 e. The van der Waals surface area contributed by atoms with Gasteiger partial charge in [-0.15, -0.1) is 0 Å². The van der Waals surface area contributed by atoms with Crippen LogP contribution in [0.2, 0.25) is 0 Å². The van der Waals surface area contributed by atoms with Crippen molar-refractivity contribution in [2.24, 2.45) is 5.41 Å². The third kappa shape index (κ3) is 9.72. The Kier molecular flexibility index (Phi) is 6.81. The van der Waals surface area contributed by atoms with Gasteiger partial charge in [0.2, 0.25) is 0 Å². The highest BCUT2D eigenvalue weighted by molar-refractivity contribution is 5.78. The summed E-state index contributed by atoms with van der Waals surface area (Å²) in [6.45, 7) is 7.29. The first-order valence-electron chi connectivity index (χ1n) is 5.46. The van der Waals surface area contributed by atoms with E-state index < -0.39 is 0 Å². The van der Waals surface area contributed by atoms with Gasteiger partial charge < -0.3 is 4.74 Å². The second-order valence-corrected chi connectivity index (χ2v) is 5.05. The van der Waals surface area contributed by atoms with Crippen molar-refractivity contribution in [2.75, 3.05) is 13.7 Å². The Bertz CT molecular complexity index is 156. The van der Waals surface area contributed by atoms with Crippen LogP contribution in [-0.2, 0) is 9.53 Å². The number of carbonyl (C=O) groups is 1. The molecule has 2 heteroatoms. The van der Waals surface area contributed by atoms with Crippen molar-refractivity contribution in [3.05, 3.63) is 0 Å². The average Bonchev–Trinajstić information content (AvgIpc) is 2.08. The average molecular weight is 200 g/mol. The van der Waals surface area contributed by atoms with Crippen molar-refractivity contribution >= 4 is 5.78 Å². The van der Waals surface area contributed by atoms with E-state index in [0.29, 0.717) is 5.78 Å². The maximum Gasteiger partial charge on any atom is 0.132 e. The molecule has 0 radical (unpaired) electrons. The van der Waals surface area contributed by atoms with Crippen molar-refractivity contribution in [1.29, 1.82) is 0 Å². The Morgan fingerprint density at radius 2 is 1.79 bits per heavy atom. The van der Waals surface area contributed by atoms with Crippen LogP contribution in [-0.4, -0.2) is 19.5 Å². The van der Waals surface area contributed by atoms with Crippen molar-refractivity contribution < 1.29 is 9.53 Å². The SMILES string of the molecule is COCCCCC(=O)CCC(C)(C)C. The Balaban J connectivity index is 3.38. The predicted molar refractivity (Wildman–Crippen MR) is 59.4 cm³/mol. The zero-order valence-electron chi connectivity index (χ0n) is 10.1. The molecule has 0 heterocycles. The summed E-state index contributed by atoms with van der Waals surface area (Å²) >= 11 is 0. The quantitative estimate of drug-likeness (QED) is 0.590. The fourth-order valence-corrected chi connectivity index (χ4v) is 1.21. The summed E-state index contributed by atoms with van der Waals surface area (Å²) in [5.41, 5.74) is 0.280. The van der Waals surface area contributed by atoms with Crippen molar-refractivity contribution in [2.45, 2.75) is 52.9 Å². The standard InChI is InChI=1S/C12H24O2/c1-12(2,3)9-8-11(13)7-5-6-10-14-4/h5-10H2,1-4H3. The monoisotopic (exact) mass is 200 g/mol. The van der Waals surface area contributed by atoms with Gasteiger partial charge in [0.15, 0.2) is 0 Å². The van der Waals surface area contributed by atoms with E-state index in [9.17, 15) is 4.79 Å². The second kappa shape index (κ2) is 6.99. The molecule has 0 saturated carbocycles. The largest absolute Gasteiger partial charge is 0.385 e. The van der Waals surface area contributed by atoms with E-state index >= 15 is 0 Å². The van der Waals surface area contributed by atoms with Crippen LogP contribution >= 0.6 is 0 Å². The van der Waals surface area contributed by atoms with Crippen LogP contribution in [0.4, 0.5) is 0 Å². The highest BCUT2D eigenvalue weighted by atomic mass is 16.5. The molecule has 0 aromatic heterocycles. The highest BCUT2D eigenvalue weighted by Crippen LogP contribution is 2.21. The fourth-order valence-electron chi connectivity index (χ4n) is 1.21. The van der Waals surface area contributed by atoms with Crippen LogP contribution in [0.15, 0.2) is 0 Å². The molecule has 0 amide bonds. The minimum absolute atomic E-state index is 0.280. The number of rotatable bonds is 7. The van der Waals surface area contributed by atoms with Crippen LogP contribution in [0.3, 0.4) is 0 Å². The number of Topliss-reactive ketones (excluding diaryl/α,β-unsaturated/α-hetero) is 1. The maximum absolute atomic E-state index is 11.4. The van der Waals surface area contributed by atoms with Crippen LogP contribution in [0, 0.1) is 5.41 Å². The lowest BCUT2D eigenvalue weighted by atomic mass is 9.89. The number of carbonyl (C=O) groups excluding carboxylic acids is 1. The second-order valence-electron chi connectivity index (χ2n) is 5.05. The van der Waals surface area contributed by atoms with E-state index in [1.54, 1.807) is 7.11 Å². The lowest BCUT2D eigenvalue weighted by Gasteiger charge is -2.16. The molecule has 0 spiro atoms. The molecule has 84 valence electrons. The van der Waals surface area contributed by atoms with E-state index in [2.05, 4.69) is 20.8 Å². The maximum atomic E-state index is 11.4. The lowest BCUT2D eigenvalue weighted by molar-refractivity contribution is -0.119. The van der Waals surface area contributed by atoms with Crippen LogP contribution in [0.25, 0.3) is 0 Å². The van der Waals surface area contributed by atoms with Gasteiger partial charge in [-0.3, -0.25) is 4.79 Å². The summed E-state index contributed by atoms with van der Waals surface area (Å²) in [5, 5.41) is 0. The molecule has 0 atom stereocenters. The van der Waals surface area contributed by atoms with Gasteiger partial charge in [0.1, 0.15) is 5.78 Å². The van der Waals surface area contributed by atoms with Crippen LogP contribution in [0.5, 0.6) is 0 Å². The van der Waals surface area contributed by atoms with Crippen molar-refractivity contribution in [1.82, 2.24) is 0 Å². The first-order valence-corrected chi connectivity index (χ1v) is 5.46. The molecule has 2 nitrogen and oxygen atoms in total. The summed E-state index contributed by atoms with van der Waals surface area (Å²) in [6, 6.07) is 0. The fraction of sp³-hybridized carbons (Fsp3) is 0.917. The van der Waals surface area contributed by atoms with Gasteiger partial charge in [-0.1, -0.05) is 20.8 Å². The molecule has 0 rings (SSSR count). The lowest BCUT2D eigenvalue weighted by Crippen LogP contribution is -2.08. The van der Waals surface area contributed by atoms with E-state index in [1.165, 1.54) is 0 Å². The molecule has 0 aliphatic heterocycles. The molecule has 0 saturated heterocycles. The third-order valence-corrected chi connectivity index (χ3v) is 2.21. The molecule has 0 aliphatic carbocycles. The van der Waals surface area contributed by atoms with E-state index in [0.717, 1.165) is 38.7 Å². The van der Waals surface area contributed by atoms with Gasteiger partial charge >= 0.3 is 0 Å². The zero-order chi connectivity index (χ0) is 11.0. The molecule has 0 N–H and O–H groups in total. The predicted octanol–water partition coefficient (Wildman–Crippen LogP) is 3.20. The smallest absolute Gasteiger partial charge is 0.132 e. The number of unbranched alkanes of at least 4 members (excludes halogenated alkanes) is 1. The topological polar surface area (TPSA) is 26.3 Å². The van der Waals surface area contributed by atoms with Gasteiger partial charge in [0.25, 0.3) is 0 Å². The van der Waals surface area contributed by atoms with Gasteiger partial charge in [-0.05, 0) is 24.7 Å². The third-order valence-electron chi connectivity index (χ3n) is 2.21. The summed E-state index contributed by atoms with van der Waals surface area (Å²) in [4.78, 5) is 11.4. The van der Waals surface area contributed by atoms with Gasteiger partial charge in [0.05, 0.1) is 0 Å². The molecular formula is C12H24O2. The molecule has 0 aromatic carbocycles. The molecule has 0 aromatic rings. The van der Waals surface area contributed by atoms with Crippen LogP contribution < -0.4 is 0 Å². The van der Waals surface area contributed by atoms with Crippen molar-refractivity contribution in [3.8, 4) is 0 Å². The Hall–Kier alpha value is -0.370. The highest BCUT2D eigenvalue weighted by Gasteiger charge is 2.12. The summed E-state index contributed by atoms with van der Waals surface area (Å²) < 4.78 is 4.93. The first-order chi connectivity index (χ1) is 6.45. The van der Waals surface area contributed by atoms with E-state index in [1.807, 2.05) is 0 Å². The molecule has 0 bridgehead atoms. The first kappa shape index (κ1) is 13.6. The molecule has 0 unspecified atom stereocenters. The Morgan fingerprint density at radius 1 is 1.14 bits per heavy atom. The molecule has 0 aliphatic rings. The normalized spacial score (nSPS) is 11.7. The number of hydrogen-bond acceptors (Lipinski definition) is 2. The number of ether oxygens (including phenoxy) is 1. The van der Waals surface area contributed by atoms with E-state index in [4.69, 9.17) is 4.74 Å². The zero-order valence-corrected chi connectivity index (χ0v) is 10.1. The van der Waals surface area contributed by atoms with Crippen LogP contribution in [0.1, 0.15) is 52.9 Å². The van der Waals surface area contributed by atoms with E-state index in [-0.39, 0.29) is 5.41 Å². The van der Waals surface area contributed by atoms with Gasteiger partial charge in [-0.25, -0.2) is 0 Å². The summed E-state index contributed by atoms with van der Waals surface area (Å²) in [5.74, 6) is 0.399. The molecular weight excluding hydrogens is 176 g/mol.